The maximum absolute atomic E-state index is 14.3. The van der Waals surface area contributed by atoms with Gasteiger partial charge < -0.3 is 19.0 Å². The Kier molecular flexibility index (Phi) is 10.8. The van der Waals surface area contributed by atoms with E-state index in [2.05, 4.69) is 57.0 Å². The molecule has 0 aliphatic heterocycles. The van der Waals surface area contributed by atoms with Crippen molar-refractivity contribution < 1.29 is 14.0 Å². The number of carbonyl (C=O) groups is 1. The third-order valence-electron chi connectivity index (χ3n) is 8.73. The van der Waals surface area contributed by atoms with Gasteiger partial charge in [-0.25, -0.2) is 4.98 Å². The summed E-state index contributed by atoms with van der Waals surface area (Å²) in [6.45, 7) is 17.8. The van der Waals surface area contributed by atoms with Crippen molar-refractivity contribution in [3.8, 4) is 16.9 Å². The predicted octanol–water partition coefficient (Wildman–Crippen LogP) is 8.04. The van der Waals surface area contributed by atoms with Crippen LogP contribution in [-0.4, -0.2) is 48.3 Å². The molecule has 45 heavy (non-hydrogen) atoms. The Bertz CT molecular complexity index is 1630. The average molecular weight is 626 g/mol. The number of rotatable bonds is 12. The van der Waals surface area contributed by atoms with E-state index in [1.807, 2.05) is 87.5 Å². The zero-order valence-corrected chi connectivity index (χ0v) is 28.9. The Labute approximate surface area is 268 Å². The minimum atomic E-state index is -2.02. The molecule has 3 aromatic carbocycles. The van der Waals surface area contributed by atoms with E-state index in [-0.39, 0.29) is 41.0 Å². The van der Waals surface area contributed by atoms with Crippen LogP contribution in [0.5, 0.6) is 5.75 Å². The van der Waals surface area contributed by atoms with E-state index in [1.54, 1.807) is 4.90 Å². The van der Waals surface area contributed by atoms with Crippen LogP contribution in [0.25, 0.3) is 11.1 Å². The summed E-state index contributed by atoms with van der Waals surface area (Å²) >= 11 is 0. The van der Waals surface area contributed by atoms with Crippen molar-refractivity contribution in [2.24, 2.45) is 0 Å². The summed E-state index contributed by atoms with van der Waals surface area (Å²) in [6, 6.07) is 27.6. The lowest BCUT2D eigenvalue weighted by Gasteiger charge is -2.37. The summed E-state index contributed by atoms with van der Waals surface area (Å²) in [5, 5.41) is 0.0491. The molecule has 0 spiro atoms. The van der Waals surface area contributed by atoms with Crippen LogP contribution in [0.4, 0.5) is 0 Å². The van der Waals surface area contributed by atoms with Crippen LogP contribution in [0.3, 0.4) is 0 Å². The molecule has 1 aromatic heterocycles. The number of nitrogens with zero attached hydrogens (tertiary/aromatic N) is 2. The van der Waals surface area contributed by atoms with Gasteiger partial charge in [0.2, 0.25) is 5.75 Å². The molecule has 0 fully saturated rings. The van der Waals surface area contributed by atoms with Gasteiger partial charge in [-0.15, -0.1) is 0 Å². The highest BCUT2D eigenvalue weighted by Crippen LogP contribution is 2.36. The van der Waals surface area contributed by atoms with Crippen LogP contribution in [0.1, 0.15) is 74.9 Å². The van der Waals surface area contributed by atoms with Gasteiger partial charge in [0.05, 0.1) is 6.61 Å². The van der Waals surface area contributed by atoms with Gasteiger partial charge in [-0.05, 0) is 54.2 Å². The number of H-pyrrole nitrogens is 1. The maximum atomic E-state index is 14.3. The molecule has 1 N–H and O–H groups in total. The normalized spacial score (nSPS) is 12.6. The second-order valence-corrected chi connectivity index (χ2v) is 18.1. The zero-order chi connectivity index (χ0) is 32.8. The van der Waals surface area contributed by atoms with Crippen molar-refractivity contribution >= 4 is 14.2 Å². The van der Waals surface area contributed by atoms with Gasteiger partial charge in [-0.1, -0.05) is 113 Å². The van der Waals surface area contributed by atoms with Gasteiger partial charge in [-0.3, -0.25) is 9.59 Å². The first-order valence-corrected chi connectivity index (χ1v) is 18.6. The molecule has 8 heteroatoms. The lowest BCUT2D eigenvalue weighted by Crippen LogP contribution is -2.45. The second kappa shape index (κ2) is 14.4. The number of aromatic amines is 1. The van der Waals surface area contributed by atoms with Gasteiger partial charge in [0.25, 0.3) is 11.5 Å². The van der Waals surface area contributed by atoms with Crippen LogP contribution in [-0.2, 0) is 11.0 Å². The third-order valence-corrected chi connectivity index (χ3v) is 13.3. The molecule has 4 rings (SSSR count). The molecule has 1 heterocycles. The van der Waals surface area contributed by atoms with Crippen molar-refractivity contribution in [1.82, 2.24) is 14.9 Å². The fraction of sp³-hybridized carbons (Fsp3) is 0.378. The lowest BCUT2D eigenvalue weighted by atomic mass is 9.91. The highest BCUT2D eigenvalue weighted by Gasteiger charge is 2.37. The molecule has 1 amide bonds. The first-order chi connectivity index (χ1) is 21.3. The van der Waals surface area contributed by atoms with E-state index in [1.165, 1.54) is 0 Å². The molecule has 0 saturated carbocycles. The fourth-order valence-corrected chi connectivity index (χ4v) is 5.98. The van der Waals surface area contributed by atoms with Crippen molar-refractivity contribution in [1.29, 1.82) is 0 Å². The Balaban J connectivity index is 1.73. The number of hydrogen-bond acceptors (Lipinski definition) is 5. The largest absolute Gasteiger partial charge is 0.481 e. The Morgan fingerprint density at radius 1 is 0.911 bits per heavy atom. The summed E-state index contributed by atoms with van der Waals surface area (Å²) in [4.78, 5) is 37.5. The Morgan fingerprint density at radius 2 is 1.51 bits per heavy atom. The molecule has 0 radical (unpaired) electrons. The summed E-state index contributed by atoms with van der Waals surface area (Å²) in [6.07, 6.45) is 0. The lowest BCUT2D eigenvalue weighted by molar-refractivity contribution is 0.0657. The van der Waals surface area contributed by atoms with Gasteiger partial charge in [0, 0.05) is 18.5 Å². The summed E-state index contributed by atoms with van der Waals surface area (Å²) in [5.41, 5.74) is 3.50. The number of carbonyl (C=O) groups excluding carboxylic acids is 1. The van der Waals surface area contributed by atoms with E-state index in [4.69, 9.17) is 14.1 Å². The van der Waals surface area contributed by atoms with Gasteiger partial charge in [0.15, 0.2) is 14.0 Å². The van der Waals surface area contributed by atoms with Crippen molar-refractivity contribution in [3.05, 3.63) is 118 Å². The van der Waals surface area contributed by atoms with Gasteiger partial charge in [-0.2, -0.15) is 0 Å². The minimum absolute atomic E-state index is 0.00903. The Hall–Kier alpha value is -4.01. The number of hydrogen-bond donors (Lipinski definition) is 1. The molecule has 238 valence electrons. The zero-order valence-electron chi connectivity index (χ0n) is 27.9. The monoisotopic (exact) mass is 625 g/mol. The smallest absolute Gasteiger partial charge is 0.294 e. The van der Waals surface area contributed by atoms with Crippen LogP contribution < -0.4 is 10.3 Å². The topological polar surface area (TPSA) is 84.5 Å². The maximum Gasteiger partial charge on any atom is 0.294 e. The quantitative estimate of drug-likeness (QED) is 0.161. The molecule has 0 aliphatic rings. The van der Waals surface area contributed by atoms with Crippen molar-refractivity contribution in [3.63, 3.8) is 0 Å². The fourth-order valence-electron chi connectivity index (χ4n) is 4.94. The molecule has 1 atom stereocenters. The third kappa shape index (κ3) is 8.18. The first-order valence-electron chi connectivity index (χ1n) is 15.7. The number of ether oxygens (including phenoxy) is 1. The van der Waals surface area contributed by atoms with E-state index < -0.39 is 13.9 Å². The molecule has 0 saturated heterocycles. The molecular weight excluding hydrogens is 579 g/mol. The summed E-state index contributed by atoms with van der Waals surface area (Å²) < 4.78 is 12.5. The molecule has 1 unspecified atom stereocenters. The predicted molar refractivity (Wildman–Crippen MR) is 184 cm³/mol. The second-order valence-electron chi connectivity index (χ2n) is 13.3. The number of benzene rings is 3. The van der Waals surface area contributed by atoms with Crippen LogP contribution in [0.15, 0.2) is 89.7 Å². The van der Waals surface area contributed by atoms with Gasteiger partial charge in [0.1, 0.15) is 12.4 Å². The standard InChI is InChI=1S/C37H47N3O4Si/c1-26(2)40(23-24-44-45(7,8)37(4,5)6)36(42)32-33(43-25-28-17-11-9-12-18-28)35(41)39-34(38-32)27(3)30-21-15-16-22-31(30)29-19-13-10-14-20-29/h9-22,26-27H,23-25H2,1-8H3,(H,38,39,41). The van der Waals surface area contributed by atoms with E-state index in [0.717, 1.165) is 22.3 Å². The summed E-state index contributed by atoms with van der Waals surface area (Å²) in [7, 11) is -2.02. The molecule has 0 aliphatic carbocycles. The molecule has 4 aromatic rings. The molecule has 0 bridgehead atoms. The minimum Gasteiger partial charge on any atom is -0.481 e. The number of amides is 1. The van der Waals surface area contributed by atoms with Crippen LogP contribution in [0, 0.1) is 0 Å². The van der Waals surface area contributed by atoms with E-state index in [9.17, 15) is 9.59 Å². The van der Waals surface area contributed by atoms with Crippen LogP contribution >= 0.6 is 0 Å². The van der Waals surface area contributed by atoms with E-state index in [0.29, 0.717) is 19.0 Å². The summed E-state index contributed by atoms with van der Waals surface area (Å²) in [5.74, 6) is -0.340. The number of nitrogens with one attached hydrogen (secondary N) is 1. The average Bonchev–Trinajstić information content (AvgIpc) is 3.01. The highest BCUT2D eigenvalue weighted by molar-refractivity contribution is 6.74. The van der Waals surface area contributed by atoms with Crippen LogP contribution in [0.2, 0.25) is 18.1 Å². The van der Waals surface area contributed by atoms with Crippen molar-refractivity contribution in [2.75, 3.05) is 13.2 Å². The van der Waals surface area contributed by atoms with Gasteiger partial charge >= 0.3 is 0 Å². The van der Waals surface area contributed by atoms with Crippen molar-refractivity contribution in [2.45, 2.75) is 78.2 Å². The molecule has 7 nitrogen and oxygen atoms in total. The highest BCUT2D eigenvalue weighted by atomic mass is 28.4. The Morgan fingerprint density at radius 3 is 2.13 bits per heavy atom. The SMILES string of the molecule is CC(c1nc(C(=O)N(CCO[Si](C)(C)C(C)(C)C)C(C)C)c(OCc2ccccc2)c(=O)[nH]1)c1ccccc1-c1ccccc1. The molecular formula is C37H47N3O4Si. The number of aromatic nitrogens is 2. The first kappa shape index (κ1) is 33.9. The van der Waals surface area contributed by atoms with E-state index >= 15 is 0 Å².